The lowest BCUT2D eigenvalue weighted by Crippen LogP contribution is -2.52. The summed E-state index contributed by atoms with van der Waals surface area (Å²) in [5.74, 6) is -0.235. The van der Waals surface area contributed by atoms with Crippen LogP contribution in [0.5, 0.6) is 5.75 Å². The molecule has 1 saturated carbocycles. The predicted octanol–water partition coefficient (Wildman–Crippen LogP) is 3.49. The van der Waals surface area contributed by atoms with Crippen molar-refractivity contribution in [3.8, 4) is 5.75 Å². The molecule has 20 heavy (non-hydrogen) atoms. The largest absolute Gasteiger partial charge is 0.508 e. The molecule has 0 spiro atoms. The Balaban J connectivity index is 2.13. The van der Waals surface area contributed by atoms with Crippen molar-refractivity contribution in [2.24, 2.45) is 11.3 Å². The summed E-state index contributed by atoms with van der Waals surface area (Å²) in [4.78, 5) is 11.8. The molecule has 1 aromatic rings. The Morgan fingerprint density at radius 3 is 2.75 bits per heavy atom. The van der Waals surface area contributed by atoms with E-state index in [0.29, 0.717) is 0 Å². The van der Waals surface area contributed by atoms with E-state index in [1.807, 2.05) is 19.1 Å². The number of hydrogen-bond acceptors (Lipinski definition) is 2. The van der Waals surface area contributed by atoms with Crippen molar-refractivity contribution in [1.29, 1.82) is 0 Å². The first-order valence-electron chi connectivity index (χ1n) is 7.44. The van der Waals surface area contributed by atoms with Crippen molar-refractivity contribution in [2.75, 3.05) is 0 Å². The minimum Gasteiger partial charge on any atom is -0.508 e. The number of hydrogen-bond donors (Lipinski definition) is 2. The van der Waals surface area contributed by atoms with Gasteiger partial charge in [0.15, 0.2) is 0 Å². The summed E-state index contributed by atoms with van der Waals surface area (Å²) in [6.07, 6.45) is 4.55. The second-order valence-electron chi connectivity index (χ2n) is 6.93. The van der Waals surface area contributed by atoms with Gasteiger partial charge in [-0.3, -0.25) is 4.79 Å². The van der Waals surface area contributed by atoms with Crippen LogP contribution in [0.1, 0.15) is 50.7 Å². The lowest BCUT2D eigenvalue weighted by molar-refractivity contribution is -0.157. The Hall–Kier alpha value is -1.51. The van der Waals surface area contributed by atoms with Gasteiger partial charge in [-0.05, 0) is 67.2 Å². The molecule has 0 heterocycles. The quantitative estimate of drug-likeness (QED) is 0.824. The van der Waals surface area contributed by atoms with Gasteiger partial charge in [0.1, 0.15) is 5.75 Å². The van der Waals surface area contributed by atoms with Gasteiger partial charge in [-0.2, -0.15) is 0 Å². The van der Waals surface area contributed by atoms with E-state index in [-0.39, 0.29) is 17.1 Å². The Labute approximate surface area is 119 Å². The molecule has 0 saturated heterocycles. The summed E-state index contributed by atoms with van der Waals surface area (Å²) < 4.78 is 0. The summed E-state index contributed by atoms with van der Waals surface area (Å²) in [5, 5.41) is 19.5. The number of phenolic OH excluding ortho intramolecular Hbond substituents is 1. The molecule has 3 nitrogen and oxygen atoms in total. The smallest absolute Gasteiger partial charge is 0.309 e. The molecule has 108 valence electrons. The number of aryl methyl sites for hydroxylation is 1. The molecule has 2 N–H and O–H groups in total. The number of carbonyl (C=O) groups is 1. The average molecular weight is 274 g/mol. The van der Waals surface area contributed by atoms with Crippen LogP contribution in [0.2, 0.25) is 0 Å². The first-order chi connectivity index (χ1) is 9.38. The molecular weight excluding hydrogens is 252 g/mol. The maximum atomic E-state index is 11.8. The number of phenols is 1. The van der Waals surface area contributed by atoms with Crippen LogP contribution < -0.4 is 0 Å². The Morgan fingerprint density at radius 2 is 2.05 bits per heavy atom. The van der Waals surface area contributed by atoms with Gasteiger partial charge in [0.05, 0.1) is 5.41 Å². The highest BCUT2D eigenvalue weighted by atomic mass is 16.4. The number of rotatable bonds is 1. The standard InChI is InChI=1S/C17H22O3/c1-16-8-3-9-17(2,15(19)20)14(16)7-5-11-4-6-12(18)10-13(11)16/h4,6,10,14,18H,3,5,7-9H2,1-2H3,(H,19,20)/t14-,16+,17+/m1/s1. The maximum absolute atomic E-state index is 11.8. The van der Waals surface area contributed by atoms with Crippen LogP contribution >= 0.6 is 0 Å². The third-order valence-corrected chi connectivity index (χ3v) is 5.83. The Morgan fingerprint density at radius 1 is 1.30 bits per heavy atom. The van der Waals surface area contributed by atoms with Gasteiger partial charge in [-0.15, -0.1) is 0 Å². The highest BCUT2D eigenvalue weighted by Crippen LogP contribution is 2.57. The van der Waals surface area contributed by atoms with Crippen molar-refractivity contribution >= 4 is 5.97 Å². The molecule has 0 amide bonds. The summed E-state index contributed by atoms with van der Waals surface area (Å²) in [6, 6.07) is 5.59. The van der Waals surface area contributed by atoms with Gasteiger partial charge in [0, 0.05) is 0 Å². The zero-order valence-electron chi connectivity index (χ0n) is 12.1. The molecule has 3 rings (SSSR count). The zero-order valence-corrected chi connectivity index (χ0v) is 12.1. The van der Waals surface area contributed by atoms with E-state index in [9.17, 15) is 15.0 Å². The van der Waals surface area contributed by atoms with Gasteiger partial charge in [0.25, 0.3) is 0 Å². The zero-order chi connectivity index (χ0) is 14.5. The van der Waals surface area contributed by atoms with Crippen LogP contribution in [-0.4, -0.2) is 16.2 Å². The fourth-order valence-corrected chi connectivity index (χ4v) is 4.70. The number of carboxylic acid groups (broad SMARTS) is 1. The highest BCUT2D eigenvalue weighted by Gasteiger charge is 2.55. The van der Waals surface area contributed by atoms with Crippen LogP contribution in [0, 0.1) is 11.3 Å². The van der Waals surface area contributed by atoms with E-state index >= 15 is 0 Å². The minimum absolute atomic E-state index is 0.127. The normalized spacial score (nSPS) is 36.0. The molecule has 0 aliphatic heterocycles. The van der Waals surface area contributed by atoms with Crippen molar-refractivity contribution in [3.05, 3.63) is 29.3 Å². The van der Waals surface area contributed by atoms with E-state index < -0.39 is 11.4 Å². The van der Waals surface area contributed by atoms with Crippen LogP contribution in [0.25, 0.3) is 0 Å². The molecule has 0 aromatic heterocycles. The van der Waals surface area contributed by atoms with Crippen molar-refractivity contribution in [1.82, 2.24) is 0 Å². The van der Waals surface area contributed by atoms with E-state index in [1.54, 1.807) is 6.07 Å². The van der Waals surface area contributed by atoms with Gasteiger partial charge in [-0.1, -0.05) is 19.4 Å². The predicted molar refractivity (Wildman–Crippen MR) is 76.9 cm³/mol. The van der Waals surface area contributed by atoms with Crippen molar-refractivity contribution in [3.63, 3.8) is 0 Å². The molecule has 0 radical (unpaired) electrons. The number of carboxylic acids is 1. The molecule has 3 atom stereocenters. The van der Waals surface area contributed by atoms with Gasteiger partial charge in [-0.25, -0.2) is 0 Å². The first-order valence-corrected chi connectivity index (χ1v) is 7.44. The van der Waals surface area contributed by atoms with Crippen LogP contribution in [0.3, 0.4) is 0 Å². The number of aliphatic carboxylic acids is 1. The third-order valence-electron chi connectivity index (χ3n) is 5.83. The monoisotopic (exact) mass is 274 g/mol. The summed E-state index contributed by atoms with van der Waals surface area (Å²) in [7, 11) is 0. The number of fused-ring (bicyclic) bond motifs is 3. The fraction of sp³-hybridized carbons (Fsp3) is 0.588. The summed E-state index contributed by atoms with van der Waals surface area (Å²) >= 11 is 0. The van der Waals surface area contributed by atoms with E-state index in [4.69, 9.17) is 0 Å². The molecule has 1 fully saturated rings. The lowest BCUT2D eigenvalue weighted by atomic mass is 9.50. The highest BCUT2D eigenvalue weighted by molar-refractivity contribution is 5.75. The Bertz CT molecular complexity index is 565. The van der Waals surface area contributed by atoms with Gasteiger partial charge < -0.3 is 10.2 Å². The molecular formula is C17H22O3. The molecule has 2 aliphatic rings. The topological polar surface area (TPSA) is 57.5 Å². The van der Waals surface area contributed by atoms with Crippen molar-refractivity contribution in [2.45, 2.75) is 51.4 Å². The molecule has 0 bridgehead atoms. The van der Waals surface area contributed by atoms with Crippen LogP contribution in [0.4, 0.5) is 0 Å². The lowest BCUT2D eigenvalue weighted by Gasteiger charge is -2.53. The van der Waals surface area contributed by atoms with Crippen LogP contribution in [0.15, 0.2) is 18.2 Å². The summed E-state index contributed by atoms with van der Waals surface area (Å²) in [5.41, 5.74) is 1.67. The fourth-order valence-electron chi connectivity index (χ4n) is 4.70. The molecule has 2 aliphatic carbocycles. The molecule has 1 aromatic carbocycles. The minimum atomic E-state index is -0.669. The van der Waals surface area contributed by atoms with Crippen molar-refractivity contribution < 1.29 is 15.0 Å². The second kappa shape index (κ2) is 4.24. The van der Waals surface area contributed by atoms with E-state index in [1.165, 1.54) is 11.1 Å². The SMILES string of the molecule is C[C@@]12CCC[C@](C)(C(=O)O)[C@@H]1CCc1ccc(O)cc12. The molecule has 0 unspecified atom stereocenters. The second-order valence-corrected chi connectivity index (χ2v) is 6.93. The number of aromatic hydroxyl groups is 1. The first kappa shape index (κ1) is 13.5. The maximum Gasteiger partial charge on any atom is 0.309 e. The Kier molecular flexibility index (Phi) is 2.86. The van der Waals surface area contributed by atoms with Gasteiger partial charge in [0.2, 0.25) is 0 Å². The third kappa shape index (κ3) is 1.68. The van der Waals surface area contributed by atoms with E-state index in [2.05, 4.69) is 6.92 Å². The average Bonchev–Trinajstić information content (AvgIpc) is 2.39. The van der Waals surface area contributed by atoms with Gasteiger partial charge >= 0.3 is 5.97 Å². The van der Waals surface area contributed by atoms with E-state index in [0.717, 1.165) is 32.1 Å². The summed E-state index contributed by atoms with van der Waals surface area (Å²) in [6.45, 7) is 4.10. The number of benzene rings is 1. The molecule has 3 heteroatoms. The van der Waals surface area contributed by atoms with Crippen LogP contribution in [-0.2, 0) is 16.6 Å².